The molecular weight excluding hydrogens is 353 g/mol. The predicted octanol–water partition coefficient (Wildman–Crippen LogP) is 1.73. The summed E-state index contributed by atoms with van der Waals surface area (Å²) in [6.07, 6.45) is 0.322. The van der Waals surface area contributed by atoms with Gasteiger partial charge in [-0.15, -0.1) is 0 Å². The fraction of sp³-hybridized carbons (Fsp3) is 0.667. The summed E-state index contributed by atoms with van der Waals surface area (Å²) in [6.45, 7) is 13.2. The lowest BCUT2D eigenvalue weighted by atomic mass is 9.76. The van der Waals surface area contributed by atoms with Gasteiger partial charge in [0.15, 0.2) is 0 Å². The Morgan fingerprint density at radius 3 is 2.19 bits per heavy atom. The molecular formula is C18H30BNO5S. The monoisotopic (exact) mass is 383 g/mol. The van der Waals surface area contributed by atoms with Crippen LogP contribution in [0.15, 0.2) is 23.1 Å². The van der Waals surface area contributed by atoms with Gasteiger partial charge in [0, 0.05) is 6.54 Å². The van der Waals surface area contributed by atoms with Crippen LogP contribution in [-0.4, -0.2) is 44.0 Å². The average molecular weight is 383 g/mol. The number of benzene rings is 1. The molecule has 1 heterocycles. The highest BCUT2D eigenvalue weighted by atomic mass is 32.2. The second-order valence-corrected chi connectivity index (χ2v) is 10.3. The van der Waals surface area contributed by atoms with E-state index in [1.165, 1.54) is 0 Å². The molecule has 0 bridgehead atoms. The van der Waals surface area contributed by atoms with E-state index in [2.05, 4.69) is 4.72 Å². The van der Waals surface area contributed by atoms with Gasteiger partial charge in [0.25, 0.3) is 0 Å². The maximum atomic E-state index is 12.6. The van der Waals surface area contributed by atoms with Crippen molar-refractivity contribution in [2.24, 2.45) is 0 Å². The van der Waals surface area contributed by atoms with Crippen LogP contribution in [-0.2, 0) is 19.3 Å². The van der Waals surface area contributed by atoms with Crippen LogP contribution in [0.3, 0.4) is 0 Å². The van der Waals surface area contributed by atoms with E-state index in [0.29, 0.717) is 11.9 Å². The van der Waals surface area contributed by atoms with Crippen molar-refractivity contribution in [1.82, 2.24) is 4.72 Å². The Morgan fingerprint density at radius 2 is 1.69 bits per heavy atom. The molecule has 26 heavy (non-hydrogen) atoms. The summed E-state index contributed by atoms with van der Waals surface area (Å²) in [4.78, 5) is 0.156. The lowest BCUT2D eigenvalue weighted by Gasteiger charge is -2.32. The van der Waals surface area contributed by atoms with Gasteiger partial charge in [-0.25, -0.2) is 13.1 Å². The molecule has 1 aromatic carbocycles. The number of nitrogens with one attached hydrogen (secondary N) is 1. The van der Waals surface area contributed by atoms with Gasteiger partial charge < -0.3 is 14.4 Å². The Labute approximate surface area is 157 Å². The molecule has 1 fully saturated rings. The first-order valence-corrected chi connectivity index (χ1v) is 10.3. The second-order valence-electron chi connectivity index (χ2n) is 8.57. The van der Waals surface area contributed by atoms with Crippen LogP contribution in [0.4, 0.5) is 0 Å². The van der Waals surface area contributed by atoms with Crippen molar-refractivity contribution in [2.75, 3.05) is 6.54 Å². The third kappa shape index (κ3) is 4.67. The van der Waals surface area contributed by atoms with Crippen LogP contribution >= 0.6 is 0 Å². The fourth-order valence-electron chi connectivity index (χ4n) is 2.58. The van der Waals surface area contributed by atoms with E-state index in [-0.39, 0.29) is 11.4 Å². The Bertz CT molecular complexity index is 752. The molecule has 0 atom stereocenters. The molecule has 1 aromatic rings. The van der Waals surface area contributed by atoms with E-state index < -0.39 is 33.9 Å². The number of hydrogen-bond donors (Lipinski definition) is 2. The molecule has 0 amide bonds. The normalized spacial score (nSPS) is 19.8. The van der Waals surface area contributed by atoms with Crippen molar-refractivity contribution >= 4 is 22.6 Å². The first-order chi connectivity index (χ1) is 11.6. The van der Waals surface area contributed by atoms with Crippen LogP contribution < -0.4 is 10.2 Å². The molecule has 1 saturated heterocycles. The first kappa shape index (κ1) is 21.4. The molecule has 0 unspecified atom stereocenters. The van der Waals surface area contributed by atoms with E-state index in [1.54, 1.807) is 32.0 Å². The van der Waals surface area contributed by atoms with Gasteiger partial charge in [-0.05, 0) is 72.5 Å². The fourth-order valence-corrected chi connectivity index (χ4v) is 3.65. The second kappa shape index (κ2) is 6.91. The lowest BCUT2D eigenvalue weighted by Crippen LogP contribution is -2.41. The molecule has 2 rings (SSSR count). The Hall–Kier alpha value is -0.925. The number of sulfonamides is 1. The molecule has 0 saturated carbocycles. The zero-order valence-corrected chi connectivity index (χ0v) is 17.5. The largest absolute Gasteiger partial charge is 0.495 e. The lowest BCUT2D eigenvalue weighted by molar-refractivity contribution is 0.00578. The van der Waals surface area contributed by atoms with Gasteiger partial charge >= 0.3 is 7.12 Å². The van der Waals surface area contributed by atoms with E-state index >= 15 is 0 Å². The first-order valence-electron chi connectivity index (χ1n) is 8.83. The van der Waals surface area contributed by atoms with E-state index in [1.807, 2.05) is 34.6 Å². The van der Waals surface area contributed by atoms with Crippen molar-refractivity contribution < 1.29 is 22.8 Å². The number of aryl methyl sites for hydroxylation is 1. The summed E-state index contributed by atoms with van der Waals surface area (Å²) in [5.74, 6) is 0. The van der Waals surface area contributed by atoms with Gasteiger partial charge in [0.2, 0.25) is 10.0 Å². The van der Waals surface area contributed by atoms with Crippen molar-refractivity contribution in [2.45, 2.75) is 76.6 Å². The van der Waals surface area contributed by atoms with Crippen LogP contribution in [0.5, 0.6) is 0 Å². The van der Waals surface area contributed by atoms with Gasteiger partial charge in [-0.3, -0.25) is 0 Å². The topological polar surface area (TPSA) is 84.9 Å². The minimum Gasteiger partial charge on any atom is -0.399 e. The molecule has 2 N–H and O–H groups in total. The Morgan fingerprint density at radius 1 is 1.15 bits per heavy atom. The van der Waals surface area contributed by atoms with Gasteiger partial charge in [0.05, 0.1) is 21.7 Å². The van der Waals surface area contributed by atoms with Crippen LogP contribution in [0.2, 0.25) is 0 Å². The maximum absolute atomic E-state index is 12.6. The highest BCUT2D eigenvalue weighted by Gasteiger charge is 2.52. The SMILES string of the molecule is Cc1ccc(S(=O)(=O)NCCC(C)(C)O)cc1B1OC(C)(C)C(C)(C)O1. The summed E-state index contributed by atoms with van der Waals surface area (Å²) in [5.41, 5.74) is -0.315. The summed E-state index contributed by atoms with van der Waals surface area (Å²) in [5, 5.41) is 9.74. The molecule has 1 aliphatic heterocycles. The molecule has 146 valence electrons. The van der Waals surface area contributed by atoms with E-state index in [0.717, 1.165) is 5.56 Å². The highest BCUT2D eigenvalue weighted by molar-refractivity contribution is 7.89. The highest BCUT2D eigenvalue weighted by Crippen LogP contribution is 2.36. The molecule has 0 aromatic heterocycles. The van der Waals surface area contributed by atoms with Crippen molar-refractivity contribution in [1.29, 1.82) is 0 Å². The molecule has 0 radical (unpaired) electrons. The summed E-state index contributed by atoms with van der Waals surface area (Å²) < 4.78 is 39.8. The van der Waals surface area contributed by atoms with Crippen LogP contribution in [0.1, 0.15) is 53.5 Å². The quantitative estimate of drug-likeness (QED) is 0.731. The maximum Gasteiger partial charge on any atom is 0.495 e. The third-order valence-corrected chi connectivity index (χ3v) is 6.56. The molecule has 6 nitrogen and oxygen atoms in total. The summed E-state index contributed by atoms with van der Waals surface area (Å²) in [6, 6.07) is 4.92. The third-order valence-electron chi connectivity index (χ3n) is 5.10. The summed E-state index contributed by atoms with van der Waals surface area (Å²) in [7, 11) is -4.30. The Balaban J connectivity index is 2.25. The minimum atomic E-state index is -3.68. The van der Waals surface area contributed by atoms with Gasteiger partial charge in [-0.1, -0.05) is 11.6 Å². The number of aliphatic hydroxyl groups is 1. The zero-order valence-electron chi connectivity index (χ0n) is 16.7. The molecule has 0 aliphatic carbocycles. The van der Waals surface area contributed by atoms with Crippen molar-refractivity contribution in [3.63, 3.8) is 0 Å². The van der Waals surface area contributed by atoms with Crippen molar-refractivity contribution in [3.8, 4) is 0 Å². The molecule has 1 aliphatic rings. The number of hydrogen-bond acceptors (Lipinski definition) is 5. The zero-order chi connectivity index (χ0) is 20.0. The smallest absolute Gasteiger partial charge is 0.399 e. The van der Waals surface area contributed by atoms with Crippen LogP contribution in [0.25, 0.3) is 0 Å². The Kier molecular flexibility index (Phi) is 5.68. The van der Waals surface area contributed by atoms with Crippen LogP contribution in [0, 0.1) is 6.92 Å². The predicted molar refractivity (Wildman–Crippen MR) is 103 cm³/mol. The van der Waals surface area contributed by atoms with E-state index in [4.69, 9.17) is 9.31 Å². The van der Waals surface area contributed by atoms with Gasteiger partial charge in [-0.2, -0.15) is 0 Å². The van der Waals surface area contributed by atoms with Crippen molar-refractivity contribution in [3.05, 3.63) is 23.8 Å². The molecule has 0 spiro atoms. The summed E-state index contributed by atoms with van der Waals surface area (Å²) >= 11 is 0. The number of rotatable bonds is 6. The standard InChI is InChI=1S/C18H30BNO5S/c1-13-8-9-14(26(22,23)20-11-10-16(2,3)21)12-15(13)19-24-17(4,5)18(6,7)25-19/h8-9,12,20-21H,10-11H2,1-7H3. The average Bonchev–Trinajstić information content (AvgIpc) is 2.65. The minimum absolute atomic E-state index is 0.156. The van der Waals surface area contributed by atoms with Gasteiger partial charge in [0.1, 0.15) is 0 Å². The molecule has 8 heteroatoms. The van der Waals surface area contributed by atoms with E-state index in [9.17, 15) is 13.5 Å².